The van der Waals surface area contributed by atoms with Gasteiger partial charge < -0.3 is 25.2 Å². The maximum atomic E-state index is 10.8. The van der Waals surface area contributed by atoms with Gasteiger partial charge in [-0.2, -0.15) is 0 Å². The Morgan fingerprint density at radius 1 is 1.11 bits per heavy atom. The zero-order valence-corrected chi connectivity index (χ0v) is 17.4. The van der Waals surface area contributed by atoms with Crippen LogP contribution in [0.4, 0.5) is 0 Å². The number of hydrogen-bond acceptors (Lipinski definition) is 7. The first-order valence-electron chi connectivity index (χ1n) is 9.65. The van der Waals surface area contributed by atoms with Gasteiger partial charge in [-0.25, -0.2) is 0 Å². The SMILES string of the molecule is CCc1ccc(Cc2cc3c(s2)CCO[C@]32S[C@H](CO)[C@@H](O)C(O)[C@H]2O)cc1. The molecule has 1 unspecified atom stereocenters. The van der Waals surface area contributed by atoms with Gasteiger partial charge in [0.2, 0.25) is 0 Å². The molecule has 2 aromatic rings. The van der Waals surface area contributed by atoms with E-state index < -0.39 is 28.5 Å². The number of benzene rings is 1. The lowest BCUT2D eigenvalue weighted by atomic mass is 9.92. The maximum absolute atomic E-state index is 10.8. The van der Waals surface area contributed by atoms with E-state index in [1.807, 2.05) is 0 Å². The summed E-state index contributed by atoms with van der Waals surface area (Å²) in [6, 6.07) is 10.7. The molecule has 152 valence electrons. The summed E-state index contributed by atoms with van der Waals surface area (Å²) in [5.41, 5.74) is 3.41. The molecule has 1 spiro atoms. The smallest absolute Gasteiger partial charge is 0.169 e. The van der Waals surface area contributed by atoms with E-state index in [9.17, 15) is 20.4 Å². The second-order valence-electron chi connectivity index (χ2n) is 7.43. The highest BCUT2D eigenvalue weighted by Gasteiger charge is 2.56. The summed E-state index contributed by atoms with van der Waals surface area (Å²) in [7, 11) is 0. The van der Waals surface area contributed by atoms with Crippen LogP contribution in [0, 0.1) is 0 Å². The molecule has 0 bridgehead atoms. The number of aliphatic hydroxyl groups excluding tert-OH is 4. The minimum absolute atomic E-state index is 0.295. The molecule has 3 heterocycles. The van der Waals surface area contributed by atoms with Crippen LogP contribution in [0.15, 0.2) is 30.3 Å². The molecule has 4 rings (SSSR count). The first-order valence-corrected chi connectivity index (χ1v) is 11.3. The molecule has 5 nitrogen and oxygen atoms in total. The molecule has 28 heavy (non-hydrogen) atoms. The minimum atomic E-state index is -1.37. The van der Waals surface area contributed by atoms with Crippen molar-refractivity contribution in [1.29, 1.82) is 0 Å². The van der Waals surface area contributed by atoms with E-state index in [1.54, 1.807) is 11.3 Å². The molecule has 1 aromatic heterocycles. The van der Waals surface area contributed by atoms with E-state index in [1.165, 1.54) is 27.8 Å². The largest absolute Gasteiger partial charge is 0.395 e. The number of ether oxygens (including phenoxy) is 1. The van der Waals surface area contributed by atoms with Crippen molar-refractivity contribution in [3.8, 4) is 0 Å². The fourth-order valence-electron chi connectivity index (χ4n) is 4.00. The summed E-state index contributed by atoms with van der Waals surface area (Å²) in [5.74, 6) is 0. The number of thioether (sulfide) groups is 1. The summed E-state index contributed by atoms with van der Waals surface area (Å²) in [6.45, 7) is 2.28. The lowest BCUT2D eigenvalue weighted by Gasteiger charge is -2.49. The highest BCUT2D eigenvalue weighted by molar-refractivity contribution is 8.00. The number of hydrogen-bond donors (Lipinski definition) is 4. The van der Waals surface area contributed by atoms with Gasteiger partial charge in [0, 0.05) is 28.2 Å². The molecule has 0 aliphatic carbocycles. The molecule has 1 saturated heterocycles. The van der Waals surface area contributed by atoms with Crippen molar-refractivity contribution in [2.45, 2.75) is 54.7 Å². The van der Waals surface area contributed by atoms with Crippen LogP contribution >= 0.6 is 23.1 Å². The van der Waals surface area contributed by atoms with Gasteiger partial charge in [0.25, 0.3) is 0 Å². The van der Waals surface area contributed by atoms with Crippen LogP contribution in [0.1, 0.15) is 33.4 Å². The Hall–Kier alpha value is -0.930. The average Bonchev–Trinajstić information content (AvgIpc) is 3.13. The van der Waals surface area contributed by atoms with Crippen molar-refractivity contribution in [2.75, 3.05) is 13.2 Å². The van der Waals surface area contributed by atoms with Crippen molar-refractivity contribution in [2.24, 2.45) is 0 Å². The molecule has 1 aromatic carbocycles. The number of thiophene rings is 1. The summed E-state index contributed by atoms with van der Waals surface area (Å²) >= 11 is 2.93. The Balaban J connectivity index is 1.65. The highest BCUT2D eigenvalue weighted by atomic mass is 32.2. The fraction of sp³-hybridized carbons (Fsp3) is 0.524. The van der Waals surface area contributed by atoms with Gasteiger partial charge in [0.15, 0.2) is 4.93 Å². The number of fused-ring (bicyclic) bond motifs is 2. The zero-order valence-electron chi connectivity index (χ0n) is 15.7. The lowest BCUT2D eigenvalue weighted by molar-refractivity contribution is -0.155. The highest BCUT2D eigenvalue weighted by Crippen LogP contribution is 2.53. The number of rotatable bonds is 4. The summed E-state index contributed by atoms with van der Waals surface area (Å²) in [4.78, 5) is 1.16. The Kier molecular flexibility index (Phi) is 5.86. The van der Waals surface area contributed by atoms with E-state index in [0.29, 0.717) is 6.61 Å². The van der Waals surface area contributed by atoms with Crippen LogP contribution in [0.3, 0.4) is 0 Å². The second-order valence-corrected chi connectivity index (χ2v) is 10.1. The topological polar surface area (TPSA) is 90.2 Å². The third-order valence-electron chi connectivity index (χ3n) is 5.64. The Bertz CT molecular complexity index is 819. The van der Waals surface area contributed by atoms with Gasteiger partial charge in [-0.05, 0) is 23.6 Å². The van der Waals surface area contributed by atoms with Gasteiger partial charge in [-0.1, -0.05) is 31.2 Å². The van der Waals surface area contributed by atoms with Crippen molar-refractivity contribution >= 4 is 23.1 Å². The van der Waals surface area contributed by atoms with Crippen LogP contribution < -0.4 is 0 Å². The first-order chi connectivity index (χ1) is 13.5. The lowest BCUT2D eigenvalue weighted by Crippen LogP contribution is -2.60. The van der Waals surface area contributed by atoms with Crippen molar-refractivity contribution in [3.63, 3.8) is 0 Å². The predicted molar refractivity (Wildman–Crippen MR) is 111 cm³/mol. The maximum Gasteiger partial charge on any atom is 0.169 e. The second kappa shape index (κ2) is 8.07. The standard InChI is InChI=1S/C21H26O5S2/c1-2-12-3-5-13(6-4-12)9-14-10-15-16(27-14)7-8-26-21(15)20(25)19(24)18(23)17(11-22)28-21/h3-6,10,17-20,22-25H,2,7-9,11H2,1H3/t17-,18-,19?,20-,21+/m1/s1. The normalized spacial score (nSPS) is 32.5. The molecule has 0 amide bonds. The summed E-state index contributed by atoms with van der Waals surface area (Å²) in [5, 5.41) is 40.4. The molecule has 4 N–H and O–H groups in total. The zero-order chi connectivity index (χ0) is 19.9. The third-order valence-corrected chi connectivity index (χ3v) is 8.50. The van der Waals surface area contributed by atoms with Gasteiger partial charge >= 0.3 is 0 Å². The first kappa shape index (κ1) is 20.3. The van der Waals surface area contributed by atoms with E-state index >= 15 is 0 Å². The molecule has 2 aliphatic rings. The van der Waals surface area contributed by atoms with Gasteiger partial charge in [-0.3, -0.25) is 0 Å². The van der Waals surface area contributed by atoms with Crippen LogP contribution in [0.5, 0.6) is 0 Å². The van der Waals surface area contributed by atoms with Crippen LogP contribution in [-0.2, 0) is 28.9 Å². The summed E-state index contributed by atoms with van der Waals surface area (Å²) < 4.78 is 6.03. The molecule has 5 atom stereocenters. The van der Waals surface area contributed by atoms with Crippen molar-refractivity contribution < 1.29 is 25.2 Å². The molecule has 0 radical (unpaired) electrons. The average molecular weight is 423 g/mol. The minimum Gasteiger partial charge on any atom is -0.395 e. The fourth-order valence-corrected chi connectivity index (χ4v) is 6.87. The molecular weight excluding hydrogens is 396 g/mol. The van der Waals surface area contributed by atoms with Crippen molar-refractivity contribution in [3.05, 3.63) is 56.8 Å². The van der Waals surface area contributed by atoms with Crippen LogP contribution in [0.2, 0.25) is 0 Å². The third kappa shape index (κ3) is 3.43. The number of aryl methyl sites for hydroxylation is 1. The monoisotopic (exact) mass is 422 g/mol. The molecule has 7 heteroatoms. The molecule has 0 saturated carbocycles. The van der Waals surface area contributed by atoms with Crippen molar-refractivity contribution in [1.82, 2.24) is 0 Å². The van der Waals surface area contributed by atoms with E-state index in [4.69, 9.17) is 4.74 Å². The van der Waals surface area contributed by atoms with Gasteiger partial charge in [-0.15, -0.1) is 23.1 Å². The molecule has 2 aliphatic heterocycles. The Morgan fingerprint density at radius 2 is 1.82 bits per heavy atom. The van der Waals surface area contributed by atoms with E-state index in [-0.39, 0.29) is 6.61 Å². The predicted octanol–water partition coefficient (Wildman–Crippen LogP) is 1.82. The van der Waals surface area contributed by atoms with Crippen LogP contribution in [-0.4, -0.2) is 57.2 Å². The number of aliphatic hydroxyl groups is 4. The van der Waals surface area contributed by atoms with Gasteiger partial charge in [0.05, 0.1) is 24.6 Å². The van der Waals surface area contributed by atoms with E-state index in [0.717, 1.165) is 29.7 Å². The van der Waals surface area contributed by atoms with E-state index in [2.05, 4.69) is 37.3 Å². The quantitative estimate of drug-likeness (QED) is 0.601. The van der Waals surface area contributed by atoms with Crippen LogP contribution in [0.25, 0.3) is 0 Å². The Labute approximate surface area is 173 Å². The molecule has 1 fully saturated rings. The molecular formula is C21H26O5S2. The summed E-state index contributed by atoms with van der Waals surface area (Å²) in [6.07, 6.45) is -1.25. The Morgan fingerprint density at radius 3 is 2.50 bits per heavy atom. The van der Waals surface area contributed by atoms with Gasteiger partial charge in [0.1, 0.15) is 12.2 Å².